The van der Waals surface area contributed by atoms with Crippen molar-refractivity contribution in [1.29, 1.82) is 0 Å². The summed E-state index contributed by atoms with van der Waals surface area (Å²) in [5, 5.41) is 9.23. The van der Waals surface area contributed by atoms with Crippen LogP contribution >= 0.6 is 0 Å². The van der Waals surface area contributed by atoms with Crippen LogP contribution in [0.15, 0.2) is 24.3 Å². The Bertz CT molecular complexity index is 318. The molecule has 0 aromatic heterocycles. The number of benzene rings is 1. The fourth-order valence-electron chi connectivity index (χ4n) is 2.08. The third-order valence-electron chi connectivity index (χ3n) is 3.03. The zero-order valence-corrected chi connectivity index (χ0v) is 9.47. The van der Waals surface area contributed by atoms with Gasteiger partial charge in [-0.05, 0) is 24.3 Å². The van der Waals surface area contributed by atoms with Crippen LogP contribution in [-0.4, -0.2) is 49.3 Å². The van der Waals surface area contributed by atoms with Crippen molar-refractivity contribution in [2.75, 3.05) is 44.2 Å². The minimum atomic E-state index is 0.325. The van der Waals surface area contributed by atoms with Gasteiger partial charge in [-0.3, -0.25) is 4.90 Å². The lowest BCUT2D eigenvalue weighted by molar-refractivity contribution is 0.265. The van der Waals surface area contributed by atoms with Gasteiger partial charge in [0.2, 0.25) is 0 Å². The molecule has 1 aliphatic rings. The Kier molecular flexibility index (Phi) is 3.64. The number of hydrogen-bond acceptors (Lipinski definition) is 4. The fourth-order valence-corrected chi connectivity index (χ4v) is 2.08. The molecule has 3 N–H and O–H groups in total. The summed E-state index contributed by atoms with van der Waals surface area (Å²) in [7, 11) is 0. The number of piperazine rings is 1. The first-order chi connectivity index (χ1) is 7.79. The van der Waals surface area contributed by atoms with Crippen molar-refractivity contribution in [3.8, 4) is 5.75 Å². The molecule has 1 heterocycles. The average Bonchev–Trinajstić information content (AvgIpc) is 2.32. The highest BCUT2D eigenvalue weighted by molar-refractivity contribution is 5.49. The van der Waals surface area contributed by atoms with E-state index in [1.165, 1.54) is 5.69 Å². The van der Waals surface area contributed by atoms with Crippen LogP contribution in [0, 0.1) is 0 Å². The lowest BCUT2D eigenvalue weighted by Crippen LogP contribution is -2.47. The molecule has 1 aromatic carbocycles. The van der Waals surface area contributed by atoms with E-state index in [-0.39, 0.29) is 0 Å². The Morgan fingerprint density at radius 2 is 1.69 bits per heavy atom. The van der Waals surface area contributed by atoms with Crippen LogP contribution in [0.2, 0.25) is 0 Å². The minimum Gasteiger partial charge on any atom is -0.508 e. The van der Waals surface area contributed by atoms with Gasteiger partial charge < -0.3 is 15.7 Å². The van der Waals surface area contributed by atoms with E-state index in [0.717, 1.165) is 39.3 Å². The molecule has 1 aromatic rings. The molecule has 16 heavy (non-hydrogen) atoms. The maximum Gasteiger partial charge on any atom is 0.115 e. The number of anilines is 1. The maximum atomic E-state index is 9.23. The first-order valence-corrected chi connectivity index (χ1v) is 5.76. The number of rotatable bonds is 3. The Morgan fingerprint density at radius 1 is 1.06 bits per heavy atom. The molecule has 0 amide bonds. The van der Waals surface area contributed by atoms with E-state index in [2.05, 4.69) is 9.80 Å². The SMILES string of the molecule is NCCN1CCN(c2ccc(O)cc2)CC1. The standard InChI is InChI=1S/C12H19N3O/c13-5-6-14-7-9-15(10-8-14)11-1-3-12(16)4-2-11/h1-4,16H,5-10,13H2. The van der Waals surface area contributed by atoms with Crippen LogP contribution in [0.25, 0.3) is 0 Å². The molecule has 1 fully saturated rings. The van der Waals surface area contributed by atoms with Gasteiger partial charge >= 0.3 is 0 Å². The van der Waals surface area contributed by atoms with Crippen molar-refractivity contribution in [2.24, 2.45) is 5.73 Å². The summed E-state index contributed by atoms with van der Waals surface area (Å²) in [6.07, 6.45) is 0. The third kappa shape index (κ3) is 2.65. The second kappa shape index (κ2) is 5.18. The quantitative estimate of drug-likeness (QED) is 0.779. The Morgan fingerprint density at radius 3 is 2.25 bits per heavy atom. The van der Waals surface area contributed by atoms with E-state index in [4.69, 9.17) is 5.73 Å². The average molecular weight is 221 g/mol. The van der Waals surface area contributed by atoms with E-state index in [1.807, 2.05) is 12.1 Å². The van der Waals surface area contributed by atoms with Gasteiger partial charge in [0.1, 0.15) is 5.75 Å². The minimum absolute atomic E-state index is 0.325. The molecule has 0 bridgehead atoms. The molecular weight excluding hydrogens is 202 g/mol. The number of hydrogen-bond donors (Lipinski definition) is 2. The van der Waals surface area contributed by atoms with E-state index >= 15 is 0 Å². The monoisotopic (exact) mass is 221 g/mol. The Labute approximate surface area is 96.3 Å². The highest BCUT2D eigenvalue weighted by Gasteiger charge is 2.16. The van der Waals surface area contributed by atoms with Crippen LogP contribution < -0.4 is 10.6 Å². The van der Waals surface area contributed by atoms with E-state index < -0.39 is 0 Å². The molecule has 0 spiro atoms. The highest BCUT2D eigenvalue weighted by atomic mass is 16.3. The van der Waals surface area contributed by atoms with Crippen molar-refractivity contribution in [3.05, 3.63) is 24.3 Å². The lowest BCUT2D eigenvalue weighted by atomic mass is 10.2. The summed E-state index contributed by atoms with van der Waals surface area (Å²) in [5.74, 6) is 0.325. The summed E-state index contributed by atoms with van der Waals surface area (Å²) in [4.78, 5) is 4.73. The maximum absolute atomic E-state index is 9.23. The predicted octanol–water partition coefficient (Wildman–Crippen LogP) is 0.473. The summed E-state index contributed by atoms with van der Waals surface area (Å²) < 4.78 is 0. The van der Waals surface area contributed by atoms with Gasteiger partial charge in [-0.15, -0.1) is 0 Å². The summed E-state index contributed by atoms with van der Waals surface area (Å²) in [6, 6.07) is 7.41. The molecule has 0 atom stereocenters. The first-order valence-electron chi connectivity index (χ1n) is 5.76. The van der Waals surface area contributed by atoms with Crippen LogP contribution in [0.5, 0.6) is 5.75 Å². The van der Waals surface area contributed by atoms with Gasteiger partial charge in [-0.2, -0.15) is 0 Å². The van der Waals surface area contributed by atoms with Crippen LogP contribution in [0.4, 0.5) is 5.69 Å². The zero-order chi connectivity index (χ0) is 11.4. The molecule has 2 rings (SSSR count). The van der Waals surface area contributed by atoms with Crippen molar-refractivity contribution < 1.29 is 5.11 Å². The summed E-state index contributed by atoms with van der Waals surface area (Å²) in [6.45, 7) is 5.92. The van der Waals surface area contributed by atoms with Crippen LogP contribution in [-0.2, 0) is 0 Å². The van der Waals surface area contributed by atoms with Crippen molar-refractivity contribution in [3.63, 3.8) is 0 Å². The smallest absolute Gasteiger partial charge is 0.115 e. The fraction of sp³-hybridized carbons (Fsp3) is 0.500. The van der Waals surface area contributed by atoms with Gasteiger partial charge in [-0.1, -0.05) is 0 Å². The highest BCUT2D eigenvalue weighted by Crippen LogP contribution is 2.19. The molecule has 0 saturated carbocycles. The zero-order valence-electron chi connectivity index (χ0n) is 9.47. The van der Waals surface area contributed by atoms with Gasteiger partial charge in [0.25, 0.3) is 0 Å². The third-order valence-corrected chi connectivity index (χ3v) is 3.03. The normalized spacial score (nSPS) is 17.7. The van der Waals surface area contributed by atoms with E-state index in [9.17, 15) is 5.11 Å². The molecule has 88 valence electrons. The first kappa shape index (κ1) is 11.2. The molecule has 1 saturated heterocycles. The van der Waals surface area contributed by atoms with Gasteiger partial charge in [0.05, 0.1) is 0 Å². The number of nitrogens with two attached hydrogens (primary N) is 1. The molecule has 4 nitrogen and oxygen atoms in total. The Balaban J connectivity index is 1.91. The lowest BCUT2D eigenvalue weighted by Gasteiger charge is -2.35. The van der Waals surface area contributed by atoms with Crippen molar-refractivity contribution >= 4 is 5.69 Å². The second-order valence-corrected chi connectivity index (χ2v) is 4.13. The number of nitrogens with zero attached hydrogens (tertiary/aromatic N) is 2. The number of phenolic OH excluding ortho intramolecular Hbond substituents is 1. The molecule has 0 aliphatic carbocycles. The van der Waals surface area contributed by atoms with Crippen LogP contribution in [0.3, 0.4) is 0 Å². The topological polar surface area (TPSA) is 52.7 Å². The van der Waals surface area contributed by atoms with Crippen molar-refractivity contribution in [1.82, 2.24) is 4.90 Å². The van der Waals surface area contributed by atoms with Gasteiger partial charge in [-0.25, -0.2) is 0 Å². The second-order valence-electron chi connectivity index (χ2n) is 4.13. The van der Waals surface area contributed by atoms with Gasteiger partial charge in [0, 0.05) is 45.0 Å². The predicted molar refractivity (Wildman–Crippen MR) is 65.8 cm³/mol. The van der Waals surface area contributed by atoms with Gasteiger partial charge in [0.15, 0.2) is 0 Å². The number of phenols is 1. The molecule has 1 aliphatic heterocycles. The summed E-state index contributed by atoms with van der Waals surface area (Å²) >= 11 is 0. The molecule has 0 radical (unpaired) electrons. The van der Waals surface area contributed by atoms with E-state index in [1.54, 1.807) is 12.1 Å². The largest absolute Gasteiger partial charge is 0.508 e. The molecule has 4 heteroatoms. The number of aromatic hydroxyl groups is 1. The van der Waals surface area contributed by atoms with Crippen LogP contribution in [0.1, 0.15) is 0 Å². The molecule has 0 unspecified atom stereocenters. The Hall–Kier alpha value is -1.26. The van der Waals surface area contributed by atoms with Crippen molar-refractivity contribution in [2.45, 2.75) is 0 Å². The van der Waals surface area contributed by atoms with E-state index in [0.29, 0.717) is 5.75 Å². The molecular formula is C12H19N3O. The summed E-state index contributed by atoms with van der Waals surface area (Å²) in [5.41, 5.74) is 6.72.